The first-order chi connectivity index (χ1) is 12.0. The molecule has 0 aliphatic carbocycles. The highest BCUT2D eigenvalue weighted by Gasteiger charge is 2.38. The number of carbonyl (C=O) groups excluding carboxylic acids is 1. The molecular weight excluding hydrogens is 330 g/mol. The number of alkyl halides is 2. The van der Waals surface area contributed by atoms with Gasteiger partial charge in [-0.3, -0.25) is 9.89 Å². The van der Waals surface area contributed by atoms with Gasteiger partial charge in [0, 0.05) is 39.0 Å². The van der Waals surface area contributed by atoms with Crippen molar-refractivity contribution in [2.75, 3.05) is 31.1 Å². The molecule has 25 heavy (non-hydrogen) atoms. The second-order valence-electron chi connectivity index (χ2n) is 6.80. The molecule has 1 atom stereocenters. The number of aromatic amines is 1. The molecule has 2 aliphatic rings. The molecule has 0 aromatic carbocycles. The Hall–Kier alpha value is -2.32. The van der Waals surface area contributed by atoms with Crippen LogP contribution in [0.2, 0.25) is 0 Å². The Labute approximate surface area is 143 Å². The summed E-state index contributed by atoms with van der Waals surface area (Å²) in [7, 11) is 0. The minimum atomic E-state index is -2.64. The Bertz CT molecular complexity index is 769. The Morgan fingerprint density at radius 2 is 2.04 bits per heavy atom. The summed E-state index contributed by atoms with van der Waals surface area (Å²) >= 11 is 0. The molecule has 0 bridgehead atoms. The van der Waals surface area contributed by atoms with E-state index in [4.69, 9.17) is 0 Å². The van der Waals surface area contributed by atoms with E-state index in [2.05, 4.69) is 25.1 Å². The molecule has 1 unspecified atom stereocenters. The van der Waals surface area contributed by atoms with Gasteiger partial charge in [-0.2, -0.15) is 5.10 Å². The summed E-state index contributed by atoms with van der Waals surface area (Å²) in [6, 6.07) is 0. The van der Waals surface area contributed by atoms with Crippen molar-refractivity contribution in [2.24, 2.45) is 5.92 Å². The van der Waals surface area contributed by atoms with Gasteiger partial charge in [0.15, 0.2) is 5.65 Å². The number of piperidine rings is 2. The van der Waals surface area contributed by atoms with E-state index in [9.17, 15) is 13.6 Å². The first kappa shape index (κ1) is 16.2. The van der Waals surface area contributed by atoms with Crippen LogP contribution in [0.5, 0.6) is 0 Å². The Morgan fingerprint density at radius 3 is 2.84 bits per heavy atom. The third-order valence-corrected chi connectivity index (χ3v) is 5.10. The number of halogens is 2. The second kappa shape index (κ2) is 6.20. The summed E-state index contributed by atoms with van der Waals surface area (Å²) in [5.74, 6) is -2.07. The quantitative estimate of drug-likeness (QED) is 0.894. The Morgan fingerprint density at radius 1 is 1.24 bits per heavy atom. The van der Waals surface area contributed by atoms with Crippen LogP contribution in [0.4, 0.5) is 14.6 Å². The summed E-state index contributed by atoms with van der Waals surface area (Å²) in [5.41, 5.74) is 0.664. The van der Waals surface area contributed by atoms with Crippen LogP contribution in [-0.2, 0) is 4.79 Å². The number of aromatic nitrogens is 4. The van der Waals surface area contributed by atoms with Gasteiger partial charge in [-0.15, -0.1) is 0 Å². The zero-order valence-electron chi connectivity index (χ0n) is 13.8. The number of H-pyrrole nitrogens is 1. The van der Waals surface area contributed by atoms with Crippen LogP contribution in [0.1, 0.15) is 25.7 Å². The van der Waals surface area contributed by atoms with Crippen LogP contribution in [0.3, 0.4) is 0 Å². The molecule has 2 saturated heterocycles. The fourth-order valence-corrected chi connectivity index (χ4v) is 3.69. The SMILES string of the molecule is O=C(C1CCCN(c2ncnc3[nH]ncc23)C1)N1CCC(F)(F)CC1. The van der Waals surface area contributed by atoms with Crippen LogP contribution >= 0.6 is 0 Å². The maximum atomic E-state index is 13.3. The predicted molar refractivity (Wildman–Crippen MR) is 87.4 cm³/mol. The number of likely N-dealkylation sites (tertiary alicyclic amines) is 1. The molecule has 134 valence electrons. The van der Waals surface area contributed by atoms with E-state index in [1.165, 1.54) is 6.33 Å². The topological polar surface area (TPSA) is 78.0 Å². The minimum Gasteiger partial charge on any atom is -0.355 e. The second-order valence-corrected chi connectivity index (χ2v) is 6.80. The van der Waals surface area contributed by atoms with Crippen molar-refractivity contribution in [2.45, 2.75) is 31.6 Å². The molecule has 4 rings (SSSR count). The number of amides is 1. The van der Waals surface area contributed by atoms with E-state index in [1.807, 2.05) is 0 Å². The largest absolute Gasteiger partial charge is 0.355 e. The lowest BCUT2D eigenvalue weighted by Crippen LogP contribution is -2.49. The smallest absolute Gasteiger partial charge is 0.251 e. The van der Waals surface area contributed by atoms with Gasteiger partial charge in [0.2, 0.25) is 5.91 Å². The lowest BCUT2D eigenvalue weighted by Gasteiger charge is -2.38. The summed E-state index contributed by atoms with van der Waals surface area (Å²) in [5, 5.41) is 7.64. The van der Waals surface area contributed by atoms with Gasteiger partial charge in [-0.05, 0) is 12.8 Å². The van der Waals surface area contributed by atoms with Gasteiger partial charge < -0.3 is 9.80 Å². The Balaban J connectivity index is 1.48. The average molecular weight is 350 g/mol. The van der Waals surface area contributed by atoms with Crippen LogP contribution in [-0.4, -0.2) is 63.1 Å². The molecule has 4 heterocycles. The van der Waals surface area contributed by atoms with E-state index in [0.717, 1.165) is 30.6 Å². The highest BCUT2D eigenvalue weighted by molar-refractivity contribution is 5.87. The minimum absolute atomic E-state index is 0.0160. The first-order valence-corrected chi connectivity index (χ1v) is 8.59. The first-order valence-electron chi connectivity index (χ1n) is 8.59. The number of carbonyl (C=O) groups is 1. The molecule has 0 spiro atoms. The maximum absolute atomic E-state index is 13.3. The highest BCUT2D eigenvalue weighted by Crippen LogP contribution is 2.31. The van der Waals surface area contributed by atoms with Crippen molar-refractivity contribution in [3.8, 4) is 0 Å². The van der Waals surface area contributed by atoms with Gasteiger partial charge in [0.05, 0.1) is 17.5 Å². The number of hydrogen-bond acceptors (Lipinski definition) is 5. The van der Waals surface area contributed by atoms with Crippen molar-refractivity contribution in [1.82, 2.24) is 25.1 Å². The molecule has 1 N–H and O–H groups in total. The van der Waals surface area contributed by atoms with E-state index < -0.39 is 5.92 Å². The van der Waals surface area contributed by atoms with Gasteiger partial charge in [-0.25, -0.2) is 18.7 Å². The monoisotopic (exact) mass is 350 g/mol. The molecule has 2 fully saturated rings. The maximum Gasteiger partial charge on any atom is 0.251 e. The average Bonchev–Trinajstić information content (AvgIpc) is 3.10. The van der Waals surface area contributed by atoms with E-state index in [-0.39, 0.29) is 37.8 Å². The van der Waals surface area contributed by atoms with Crippen molar-refractivity contribution < 1.29 is 13.6 Å². The molecule has 2 aliphatic heterocycles. The fourth-order valence-electron chi connectivity index (χ4n) is 3.69. The third-order valence-electron chi connectivity index (χ3n) is 5.10. The lowest BCUT2D eigenvalue weighted by molar-refractivity contribution is -0.141. The third kappa shape index (κ3) is 3.14. The predicted octanol–water partition coefficient (Wildman–Crippen LogP) is 1.83. The Kier molecular flexibility index (Phi) is 4.01. The summed E-state index contributed by atoms with van der Waals surface area (Å²) in [6.45, 7) is 1.63. The standard InChI is InChI=1S/C16H20F2N6O/c17-16(18)3-6-23(7-4-16)15(25)11-2-1-5-24(9-11)14-12-8-21-22-13(12)19-10-20-14/h8,10-11H,1-7,9H2,(H,19,20,21,22). The van der Waals surface area contributed by atoms with E-state index >= 15 is 0 Å². The number of fused-ring (bicyclic) bond motifs is 1. The number of hydrogen-bond donors (Lipinski definition) is 1. The highest BCUT2D eigenvalue weighted by atomic mass is 19.3. The number of nitrogens with zero attached hydrogens (tertiary/aromatic N) is 5. The molecule has 2 aromatic heterocycles. The van der Waals surface area contributed by atoms with Gasteiger partial charge in [0.1, 0.15) is 12.1 Å². The van der Waals surface area contributed by atoms with Crippen LogP contribution in [0.25, 0.3) is 11.0 Å². The van der Waals surface area contributed by atoms with Crippen molar-refractivity contribution in [1.29, 1.82) is 0 Å². The van der Waals surface area contributed by atoms with Crippen molar-refractivity contribution in [3.63, 3.8) is 0 Å². The fraction of sp³-hybridized carbons (Fsp3) is 0.625. The summed E-state index contributed by atoms with van der Waals surface area (Å²) < 4.78 is 26.6. The molecule has 7 nitrogen and oxygen atoms in total. The van der Waals surface area contributed by atoms with Crippen LogP contribution < -0.4 is 4.90 Å². The molecular formula is C16H20F2N6O. The zero-order chi connectivity index (χ0) is 17.4. The summed E-state index contributed by atoms with van der Waals surface area (Å²) in [4.78, 5) is 24.9. The van der Waals surface area contributed by atoms with Crippen molar-refractivity contribution in [3.05, 3.63) is 12.5 Å². The van der Waals surface area contributed by atoms with Crippen molar-refractivity contribution >= 4 is 22.8 Å². The van der Waals surface area contributed by atoms with Gasteiger partial charge >= 0.3 is 0 Å². The number of anilines is 1. The lowest BCUT2D eigenvalue weighted by atomic mass is 9.95. The molecule has 0 saturated carbocycles. The summed E-state index contributed by atoms with van der Waals surface area (Å²) in [6.07, 6.45) is 4.33. The number of nitrogens with one attached hydrogen (secondary N) is 1. The molecule has 9 heteroatoms. The molecule has 1 amide bonds. The van der Waals surface area contributed by atoms with Crippen LogP contribution in [0, 0.1) is 5.92 Å². The van der Waals surface area contributed by atoms with Gasteiger partial charge in [-0.1, -0.05) is 0 Å². The zero-order valence-corrected chi connectivity index (χ0v) is 13.8. The van der Waals surface area contributed by atoms with Gasteiger partial charge in [0.25, 0.3) is 5.92 Å². The normalized spacial score (nSPS) is 23.8. The number of rotatable bonds is 2. The van der Waals surface area contributed by atoms with E-state index in [1.54, 1.807) is 11.1 Å². The molecule has 0 radical (unpaired) electrons. The molecule has 2 aromatic rings. The van der Waals surface area contributed by atoms with Crippen LogP contribution in [0.15, 0.2) is 12.5 Å². The van der Waals surface area contributed by atoms with E-state index in [0.29, 0.717) is 12.2 Å².